The second-order valence-electron chi connectivity index (χ2n) is 6.12. The van der Waals surface area contributed by atoms with Crippen LogP contribution in [0.15, 0.2) is 46.9 Å². The maximum absolute atomic E-state index is 12.2. The van der Waals surface area contributed by atoms with E-state index in [0.717, 1.165) is 19.6 Å². The maximum Gasteiger partial charge on any atom is 0.287 e. The summed E-state index contributed by atoms with van der Waals surface area (Å²) in [5.41, 5.74) is 1.29. The second kappa shape index (κ2) is 8.80. The predicted octanol–water partition coefficient (Wildman–Crippen LogP) is 2.06. The number of carbonyl (C=O) groups excluding carboxylic acids is 1. The van der Waals surface area contributed by atoms with Gasteiger partial charge in [-0.1, -0.05) is 30.3 Å². The minimum atomic E-state index is -0.230. The Hall–Kier alpha value is -2.15. The molecule has 1 aliphatic rings. The van der Waals surface area contributed by atoms with Gasteiger partial charge in [0.05, 0.1) is 12.7 Å². The number of ether oxygens (including phenoxy) is 2. The van der Waals surface area contributed by atoms with Gasteiger partial charge in [-0.25, -0.2) is 0 Å². The number of hydrogen-bond acceptors (Lipinski definition) is 5. The van der Waals surface area contributed by atoms with Crippen molar-refractivity contribution in [2.75, 3.05) is 33.4 Å². The van der Waals surface area contributed by atoms with Crippen LogP contribution in [-0.4, -0.2) is 50.3 Å². The van der Waals surface area contributed by atoms with E-state index in [-0.39, 0.29) is 12.0 Å². The molecule has 0 aliphatic carbocycles. The Morgan fingerprint density at radius 2 is 2.12 bits per heavy atom. The van der Waals surface area contributed by atoms with Crippen LogP contribution in [0.25, 0.3) is 0 Å². The Morgan fingerprint density at radius 3 is 2.92 bits per heavy atom. The number of rotatable bonds is 7. The monoisotopic (exact) mass is 344 g/mol. The Morgan fingerprint density at radius 1 is 1.28 bits per heavy atom. The molecule has 1 unspecified atom stereocenters. The summed E-state index contributed by atoms with van der Waals surface area (Å²) in [6.07, 6.45) is -0.0187. The van der Waals surface area contributed by atoms with Gasteiger partial charge >= 0.3 is 0 Å². The van der Waals surface area contributed by atoms with E-state index < -0.39 is 0 Å². The summed E-state index contributed by atoms with van der Waals surface area (Å²) in [6.45, 7) is 4.08. The average molecular weight is 344 g/mol. The van der Waals surface area contributed by atoms with Crippen molar-refractivity contribution in [3.05, 3.63) is 59.5 Å². The number of amides is 1. The van der Waals surface area contributed by atoms with Crippen LogP contribution in [0.4, 0.5) is 0 Å². The molecule has 1 amide bonds. The molecular weight excluding hydrogens is 320 g/mol. The quantitative estimate of drug-likeness (QED) is 0.833. The molecule has 3 rings (SSSR count). The highest BCUT2D eigenvalue weighted by atomic mass is 16.5. The summed E-state index contributed by atoms with van der Waals surface area (Å²) in [7, 11) is 1.59. The molecule has 1 saturated heterocycles. The molecule has 0 saturated carbocycles. The highest BCUT2D eigenvalue weighted by Gasteiger charge is 2.22. The van der Waals surface area contributed by atoms with E-state index in [1.165, 1.54) is 5.56 Å². The van der Waals surface area contributed by atoms with Gasteiger partial charge in [0.2, 0.25) is 0 Å². The minimum Gasteiger partial charge on any atom is -0.453 e. The number of furan rings is 1. The van der Waals surface area contributed by atoms with Gasteiger partial charge < -0.3 is 19.2 Å². The van der Waals surface area contributed by atoms with E-state index in [0.29, 0.717) is 31.3 Å². The van der Waals surface area contributed by atoms with Gasteiger partial charge in [-0.3, -0.25) is 9.69 Å². The molecular formula is C19H24N2O4. The van der Waals surface area contributed by atoms with Crippen LogP contribution in [0.5, 0.6) is 0 Å². The SMILES string of the molecule is COCc1ccc(C(=O)NCC2CN(Cc3ccccc3)CCO2)o1. The lowest BCUT2D eigenvalue weighted by molar-refractivity contribution is -0.0293. The first kappa shape index (κ1) is 17.7. The molecule has 6 nitrogen and oxygen atoms in total. The van der Waals surface area contributed by atoms with Crippen molar-refractivity contribution < 1.29 is 18.7 Å². The summed E-state index contributed by atoms with van der Waals surface area (Å²) in [5.74, 6) is 0.700. The fourth-order valence-corrected chi connectivity index (χ4v) is 2.90. The van der Waals surface area contributed by atoms with E-state index in [1.54, 1.807) is 19.2 Å². The summed E-state index contributed by atoms with van der Waals surface area (Å²) in [5, 5.41) is 2.88. The molecule has 1 N–H and O–H groups in total. The maximum atomic E-state index is 12.2. The highest BCUT2D eigenvalue weighted by molar-refractivity contribution is 5.91. The van der Waals surface area contributed by atoms with Crippen molar-refractivity contribution in [1.29, 1.82) is 0 Å². The average Bonchev–Trinajstić information content (AvgIpc) is 3.10. The van der Waals surface area contributed by atoms with Crippen LogP contribution in [0.1, 0.15) is 21.9 Å². The van der Waals surface area contributed by atoms with Crippen molar-refractivity contribution in [3.8, 4) is 0 Å². The Labute approximate surface area is 147 Å². The van der Waals surface area contributed by atoms with Crippen LogP contribution in [-0.2, 0) is 22.6 Å². The Kier molecular flexibility index (Phi) is 6.22. The molecule has 0 radical (unpaired) electrons. The summed E-state index contributed by atoms with van der Waals surface area (Å²) >= 11 is 0. The van der Waals surface area contributed by atoms with Crippen LogP contribution >= 0.6 is 0 Å². The van der Waals surface area contributed by atoms with Crippen molar-refractivity contribution in [2.45, 2.75) is 19.3 Å². The first-order valence-electron chi connectivity index (χ1n) is 8.48. The second-order valence-corrected chi connectivity index (χ2v) is 6.12. The molecule has 2 heterocycles. The lowest BCUT2D eigenvalue weighted by atomic mass is 10.2. The summed E-state index contributed by atoms with van der Waals surface area (Å²) in [6, 6.07) is 13.8. The van der Waals surface area contributed by atoms with E-state index in [2.05, 4.69) is 34.5 Å². The van der Waals surface area contributed by atoms with Gasteiger partial charge in [0, 0.05) is 33.3 Å². The molecule has 6 heteroatoms. The molecule has 0 spiro atoms. The van der Waals surface area contributed by atoms with E-state index in [4.69, 9.17) is 13.9 Å². The molecule has 1 aromatic heterocycles. The largest absolute Gasteiger partial charge is 0.453 e. The fraction of sp³-hybridized carbons (Fsp3) is 0.421. The normalized spacial score (nSPS) is 18.2. The van der Waals surface area contributed by atoms with E-state index in [1.807, 2.05) is 6.07 Å². The van der Waals surface area contributed by atoms with E-state index >= 15 is 0 Å². The van der Waals surface area contributed by atoms with Crippen molar-refractivity contribution in [2.24, 2.45) is 0 Å². The van der Waals surface area contributed by atoms with Gasteiger partial charge in [0.15, 0.2) is 5.76 Å². The Bertz CT molecular complexity index is 671. The number of nitrogens with one attached hydrogen (secondary N) is 1. The predicted molar refractivity (Wildman–Crippen MR) is 93.2 cm³/mol. The molecule has 0 bridgehead atoms. The zero-order chi connectivity index (χ0) is 17.5. The molecule has 134 valence electrons. The van der Waals surface area contributed by atoms with Crippen LogP contribution in [0.2, 0.25) is 0 Å². The highest BCUT2D eigenvalue weighted by Crippen LogP contribution is 2.11. The molecule has 1 atom stereocenters. The summed E-state index contributed by atoms with van der Waals surface area (Å²) < 4.78 is 16.2. The zero-order valence-electron chi connectivity index (χ0n) is 14.4. The van der Waals surface area contributed by atoms with Gasteiger partial charge in [-0.05, 0) is 17.7 Å². The number of nitrogens with zero attached hydrogens (tertiary/aromatic N) is 1. The number of carbonyl (C=O) groups is 1. The number of methoxy groups -OCH3 is 1. The van der Waals surface area contributed by atoms with Crippen LogP contribution in [0, 0.1) is 0 Å². The van der Waals surface area contributed by atoms with Gasteiger partial charge in [-0.15, -0.1) is 0 Å². The molecule has 2 aromatic rings. The third-order valence-electron chi connectivity index (χ3n) is 4.13. The Balaban J connectivity index is 1.46. The smallest absolute Gasteiger partial charge is 0.287 e. The third kappa shape index (κ3) is 5.16. The van der Waals surface area contributed by atoms with Crippen molar-refractivity contribution in [3.63, 3.8) is 0 Å². The number of hydrogen-bond donors (Lipinski definition) is 1. The first-order valence-corrected chi connectivity index (χ1v) is 8.48. The first-order chi connectivity index (χ1) is 12.2. The summed E-state index contributed by atoms with van der Waals surface area (Å²) in [4.78, 5) is 14.5. The van der Waals surface area contributed by atoms with Crippen LogP contribution < -0.4 is 5.32 Å². The molecule has 1 aromatic carbocycles. The standard InChI is InChI=1S/C19H24N2O4/c1-23-14-16-7-8-18(25-16)19(22)20-11-17-13-21(9-10-24-17)12-15-5-3-2-4-6-15/h2-8,17H,9-14H2,1H3,(H,20,22). The van der Waals surface area contributed by atoms with E-state index in [9.17, 15) is 4.79 Å². The number of benzene rings is 1. The zero-order valence-corrected chi connectivity index (χ0v) is 14.4. The van der Waals surface area contributed by atoms with Crippen LogP contribution in [0.3, 0.4) is 0 Å². The third-order valence-corrected chi connectivity index (χ3v) is 4.13. The fourth-order valence-electron chi connectivity index (χ4n) is 2.90. The minimum absolute atomic E-state index is 0.0187. The molecule has 1 fully saturated rings. The lowest BCUT2D eigenvalue weighted by Gasteiger charge is -2.33. The lowest BCUT2D eigenvalue weighted by Crippen LogP contribution is -2.47. The van der Waals surface area contributed by atoms with Crippen molar-refractivity contribution >= 4 is 5.91 Å². The van der Waals surface area contributed by atoms with Gasteiger partial charge in [-0.2, -0.15) is 0 Å². The topological polar surface area (TPSA) is 63.9 Å². The van der Waals surface area contributed by atoms with Crippen molar-refractivity contribution in [1.82, 2.24) is 10.2 Å². The molecule has 25 heavy (non-hydrogen) atoms. The van der Waals surface area contributed by atoms with Gasteiger partial charge in [0.25, 0.3) is 5.91 Å². The molecule has 1 aliphatic heterocycles. The number of morpholine rings is 1. The van der Waals surface area contributed by atoms with Gasteiger partial charge in [0.1, 0.15) is 12.4 Å².